The highest BCUT2D eigenvalue weighted by molar-refractivity contribution is 7.92. The fourth-order valence-electron chi connectivity index (χ4n) is 1.18. The third kappa shape index (κ3) is 2.44. The number of benzene rings is 1. The molecule has 0 N–H and O–H groups in total. The minimum Gasteiger partial charge on any atom is -0.495 e. The van der Waals surface area contributed by atoms with E-state index in [4.69, 9.17) is 11.6 Å². The molecule has 1 aromatic rings. The molecule has 0 amide bonds. The van der Waals surface area contributed by atoms with Crippen molar-refractivity contribution in [2.24, 2.45) is 0 Å². The Balaban J connectivity index is 3.66. The smallest absolute Gasteiger partial charge is 0.495 e. The molecule has 0 saturated heterocycles. The number of methoxy groups -OCH3 is 1. The molecule has 0 radical (unpaired) electrons. The number of ether oxygens (including phenoxy) is 1. The molecule has 0 spiro atoms. The Bertz CT molecular complexity index is 580. The molecule has 0 aliphatic rings. The molecule has 4 nitrogen and oxygen atoms in total. The molecule has 0 fully saturated rings. The molecule has 1 aromatic carbocycles. The number of halogens is 4. The number of carbonyl (C=O) groups excluding carboxylic acids is 1. The van der Waals surface area contributed by atoms with Gasteiger partial charge in [-0.25, -0.2) is 8.42 Å². The lowest BCUT2D eigenvalue weighted by Crippen LogP contribution is -2.24. The highest BCUT2D eigenvalue weighted by Crippen LogP contribution is 2.40. The lowest BCUT2D eigenvalue weighted by atomic mass is 10.2. The lowest BCUT2D eigenvalue weighted by molar-refractivity contribution is -0.0437. The summed E-state index contributed by atoms with van der Waals surface area (Å²) in [6.07, 6.45) is 0.304. The molecule has 18 heavy (non-hydrogen) atoms. The Morgan fingerprint density at radius 1 is 1.33 bits per heavy atom. The summed E-state index contributed by atoms with van der Waals surface area (Å²) in [5.41, 5.74) is -5.61. The van der Waals surface area contributed by atoms with E-state index in [1.807, 2.05) is 0 Å². The molecule has 9 heteroatoms. The second-order valence-electron chi connectivity index (χ2n) is 3.10. The maximum absolute atomic E-state index is 12.4. The predicted octanol–water partition coefficient (Wildman–Crippen LogP) is 2.45. The molecule has 0 unspecified atom stereocenters. The van der Waals surface area contributed by atoms with Crippen LogP contribution in [-0.2, 0) is 9.84 Å². The van der Waals surface area contributed by atoms with E-state index in [0.717, 1.165) is 19.2 Å². The molecule has 100 valence electrons. The normalized spacial score (nSPS) is 12.3. The van der Waals surface area contributed by atoms with Gasteiger partial charge in [0, 0.05) is 5.56 Å². The van der Waals surface area contributed by atoms with E-state index >= 15 is 0 Å². The van der Waals surface area contributed by atoms with Gasteiger partial charge in [0.25, 0.3) is 9.84 Å². The Labute approximate surface area is 105 Å². The van der Waals surface area contributed by atoms with Gasteiger partial charge < -0.3 is 4.74 Å². The molecule has 0 aliphatic heterocycles. The summed E-state index contributed by atoms with van der Waals surface area (Å²) in [4.78, 5) is 9.29. The van der Waals surface area contributed by atoms with Crippen molar-refractivity contribution in [1.29, 1.82) is 0 Å². The first-order chi connectivity index (χ1) is 8.15. The molecule has 0 aliphatic carbocycles. The molecule has 0 bridgehead atoms. The zero-order valence-electron chi connectivity index (χ0n) is 8.79. The third-order valence-electron chi connectivity index (χ3n) is 1.96. The van der Waals surface area contributed by atoms with E-state index in [-0.39, 0.29) is 5.56 Å². The van der Waals surface area contributed by atoms with Gasteiger partial charge in [0.2, 0.25) is 0 Å². The SMILES string of the molecule is COc1cc(C=O)cc(Cl)c1S(=O)(=O)C(F)(F)F. The van der Waals surface area contributed by atoms with Crippen molar-refractivity contribution in [3.8, 4) is 5.75 Å². The van der Waals surface area contributed by atoms with Crippen molar-refractivity contribution in [2.75, 3.05) is 7.11 Å². The van der Waals surface area contributed by atoms with Crippen LogP contribution in [0.25, 0.3) is 0 Å². The Morgan fingerprint density at radius 3 is 2.28 bits per heavy atom. The van der Waals surface area contributed by atoms with Gasteiger partial charge in [-0.2, -0.15) is 13.2 Å². The van der Waals surface area contributed by atoms with E-state index in [0.29, 0.717) is 6.29 Å². The number of aldehydes is 1. The van der Waals surface area contributed by atoms with Crippen molar-refractivity contribution in [3.05, 3.63) is 22.7 Å². The number of hydrogen-bond acceptors (Lipinski definition) is 4. The standard InChI is InChI=1S/C9H6ClF3O4S/c1-17-7-3-5(4-14)2-6(10)8(7)18(15,16)9(11,12)13/h2-4H,1H3. The van der Waals surface area contributed by atoms with E-state index < -0.39 is 31.0 Å². The first-order valence-corrected chi connectivity index (χ1v) is 6.15. The Kier molecular flexibility index (Phi) is 3.92. The molecule has 0 atom stereocenters. The largest absolute Gasteiger partial charge is 0.502 e. The summed E-state index contributed by atoms with van der Waals surface area (Å²) >= 11 is 5.46. The monoisotopic (exact) mass is 302 g/mol. The predicted molar refractivity (Wildman–Crippen MR) is 56.6 cm³/mol. The molecule has 1 rings (SSSR count). The quantitative estimate of drug-likeness (QED) is 0.805. The zero-order chi connectivity index (χ0) is 14.1. The average Bonchev–Trinajstić information content (AvgIpc) is 2.25. The van der Waals surface area contributed by atoms with Gasteiger partial charge in [-0.3, -0.25) is 4.79 Å². The van der Waals surface area contributed by atoms with Crippen molar-refractivity contribution in [3.63, 3.8) is 0 Å². The Morgan fingerprint density at radius 2 is 1.89 bits per heavy atom. The van der Waals surface area contributed by atoms with E-state index in [1.165, 1.54) is 0 Å². The van der Waals surface area contributed by atoms with Crippen LogP contribution in [0.3, 0.4) is 0 Å². The van der Waals surface area contributed by atoms with Crippen LogP contribution in [0.1, 0.15) is 10.4 Å². The van der Waals surface area contributed by atoms with E-state index in [9.17, 15) is 26.4 Å². The summed E-state index contributed by atoms with van der Waals surface area (Å²) in [6.45, 7) is 0. The highest BCUT2D eigenvalue weighted by atomic mass is 35.5. The number of carbonyl (C=O) groups is 1. The van der Waals surface area contributed by atoms with Crippen molar-refractivity contribution < 1.29 is 31.1 Å². The van der Waals surface area contributed by atoms with Crippen LogP contribution < -0.4 is 4.74 Å². The van der Waals surface area contributed by atoms with Gasteiger partial charge in [-0.05, 0) is 12.1 Å². The molecular weight excluding hydrogens is 297 g/mol. The summed E-state index contributed by atoms with van der Waals surface area (Å²) in [7, 11) is -4.68. The molecule has 0 saturated carbocycles. The van der Waals surface area contributed by atoms with Gasteiger partial charge in [0.15, 0.2) is 0 Å². The summed E-state index contributed by atoms with van der Waals surface area (Å²) in [5, 5.41) is -0.728. The summed E-state index contributed by atoms with van der Waals surface area (Å²) in [5.74, 6) is -0.637. The maximum Gasteiger partial charge on any atom is 0.502 e. The van der Waals surface area contributed by atoms with Crippen LogP contribution in [0.4, 0.5) is 13.2 Å². The van der Waals surface area contributed by atoms with Gasteiger partial charge in [-0.1, -0.05) is 11.6 Å². The second-order valence-corrected chi connectivity index (χ2v) is 5.39. The number of sulfone groups is 1. The average molecular weight is 303 g/mol. The van der Waals surface area contributed by atoms with Crippen LogP contribution in [0.15, 0.2) is 17.0 Å². The molecule has 0 heterocycles. The minimum atomic E-state index is -5.65. The maximum atomic E-state index is 12.4. The van der Waals surface area contributed by atoms with Crippen LogP contribution in [0.2, 0.25) is 5.02 Å². The van der Waals surface area contributed by atoms with Gasteiger partial charge in [0.05, 0.1) is 12.1 Å². The van der Waals surface area contributed by atoms with Crippen molar-refractivity contribution >= 4 is 27.7 Å². The van der Waals surface area contributed by atoms with Crippen molar-refractivity contribution in [2.45, 2.75) is 10.4 Å². The van der Waals surface area contributed by atoms with Crippen LogP contribution in [0.5, 0.6) is 5.75 Å². The fourth-order valence-corrected chi connectivity index (χ4v) is 2.66. The highest BCUT2D eigenvalue weighted by Gasteiger charge is 2.49. The first-order valence-electron chi connectivity index (χ1n) is 4.29. The lowest BCUT2D eigenvalue weighted by Gasteiger charge is -2.13. The third-order valence-corrected chi connectivity index (χ3v) is 3.94. The van der Waals surface area contributed by atoms with Gasteiger partial charge >= 0.3 is 5.51 Å². The second kappa shape index (κ2) is 4.77. The van der Waals surface area contributed by atoms with Crippen LogP contribution in [0, 0.1) is 0 Å². The minimum absolute atomic E-state index is 0.0991. The summed E-state index contributed by atoms with van der Waals surface area (Å²) < 4.78 is 64.4. The number of alkyl halides is 3. The molecule has 0 aromatic heterocycles. The topological polar surface area (TPSA) is 60.4 Å². The molecular formula is C9H6ClF3O4S. The number of hydrogen-bond donors (Lipinski definition) is 0. The van der Waals surface area contributed by atoms with Crippen LogP contribution in [-0.4, -0.2) is 27.3 Å². The summed E-state index contributed by atoms with van der Waals surface area (Å²) in [6, 6.07) is 1.67. The number of rotatable bonds is 3. The van der Waals surface area contributed by atoms with Crippen molar-refractivity contribution in [1.82, 2.24) is 0 Å². The van der Waals surface area contributed by atoms with Gasteiger partial charge in [-0.15, -0.1) is 0 Å². The Hall–Kier alpha value is -1.28. The fraction of sp³-hybridized carbons (Fsp3) is 0.222. The first kappa shape index (κ1) is 14.8. The van der Waals surface area contributed by atoms with Gasteiger partial charge in [0.1, 0.15) is 16.9 Å². The zero-order valence-corrected chi connectivity index (χ0v) is 10.4. The van der Waals surface area contributed by atoms with Crippen LogP contribution >= 0.6 is 11.6 Å². The van der Waals surface area contributed by atoms with E-state index in [1.54, 1.807) is 0 Å². The van der Waals surface area contributed by atoms with E-state index in [2.05, 4.69) is 4.74 Å².